The third-order valence-electron chi connectivity index (χ3n) is 0.803. The average molecular weight is 193 g/mol. The molecule has 76 valence electrons. The summed E-state index contributed by atoms with van der Waals surface area (Å²) in [6, 6.07) is 0. The normalized spacial score (nSPS) is 10.2. The highest BCUT2D eigenvalue weighted by molar-refractivity contribution is 6.09. The van der Waals surface area contributed by atoms with Gasteiger partial charge in [0.15, 0.2) is 0 Å². The molecule has 0 radical (unpaired) electrons. The van der Waals surface area contributed by atoms with Crippen molar-refractivity contribution in [1.29, 1.82) is 0 Å². The first-order valence-electron chi connectivity index (χ1n) is 4.38. The summed E-state index contributed by atoms with van der Waals surface area (Å²) < 4.78 is 10.2. The van der Waals surface area contributed by atoms with E-state index in [1.165, 1.54) is 0 Å². The van der Waals surface area contributed by atoms with Crippen molar-refractivity contribution in [3.05, 3.63) is 0 Å². The molecular formula is C8H23NO2Si. The summed E-state index contributed by atoms with van der Waals surface area (Å²) in [6.45, 7) is 5.47. The summed E-state index contributed by atoms with van der Waals surface area (Å²) in [5.74, 6) is 0.102. The molecule has 0 atom stereocenters. The first-order chi connectivity index (χ1) is 5.54. The van der Waals surface area contributed by atoms with Gasteiger partial charge in [-0.2, -0.15) is 0 Å². The van der Waals surface area contributed by atoms with Crippen LogP contribution in [-0.4, -0.2) is 55.4 Å². The van der Waals surface area contributed by atoms with E-state index >= 15 is 0 Å². The van der Waals surface area contributed by atoms with Gasteiger partial charge in [0, 0.05) is 13.2 Å². The Balaban J connectivity index is 0. The molecular weight excluding hydrogens is 170 g/mol. The van der Waals surface area contributed by atoms with E-state index in [9.17, 15) is 0 Å². The van der Waals surface area contributed by atoms with Crippen molar-refractivity contribution in [2.75, 3.05) is 34.4 Å². The summed E-state index contributed by atoms with van der Waals surface area (Å²) in [5, 5.41) is 0. The lowest BCUT2D eigenvalue weighted by molar-refractivity contribution is -0.0801. The lowest BCUT2D eigenvalue weighted by atomic mass is 10.9. The number of rotatable bonds is 4. The molecule has 0 aromatic rings. The van der Waals surface area contributed by atoms with Crippen molar-refractivity contribution in [3.63, 3.8) is 0 Å². The van der Waals surface area contributed by atoms with Crippen molar-refractivity contribution >= 4 is 10.2 Å². The Morgan fingerprint density at radius 3 is 1.50 bits per heavy atom. The molecule has 0 saturated heterocycles. The number of ether oxygens (including phenoxy) is 2. The highest BCUT2D eigenvalue weighted by Gasteiger charge is 1.94. The number of hydrogen-bond acceptors (Lipinski definition) is 3. The van der Waals surface area contributed by atoms with Crippen molar-refractivity contribution in [2.45, 2.75) is 19.8 Å². The van der Waals surface area contributed by atoms with E-state index in [1.807, 2.05) is 39.9 Å². The van der Waals surface area contributed by atoms with Crippen LogP contribution < -0.4 is 0 Å². The minimum absolute atomic E-state index is 0.102. The Hall–Kier alpha value is 0.0969. The van der Waals surface area contributed by atoms with Crippen LogP contribution in [0.25, 0.3) is 0 Å². The Morgan fingerprint density at radius 2 is 1.33 bits per heavy atom. The summed E-state index contributed by atoms with van der Waals surface area (Å²) in [4.78, 5) is 2.00. The monoisotopic (exact) mass is 193 g/mol. The van der Waals surface area contributed by atoms with Crippen LogP contribution in [-0.2, 0) is 9.47 Å². The zero-order valence-corrected chi connectivity index (χ0v) is 11.3. The van der Waals surface area contributed by atoms with Gasteiger partial charge in [-0.25, -0.2) is 0 Å². The van der Waals surface area contributed by atoms with Crippen molar-refractivity contribution < 1.29 is 9.47 Å². The molecule has 0 unspecified atom stereocenters. The first kappa shape index (κ1) is 14.6. The largest absolute Gasteiger partial charge is 0.358 e. The van der Waals surface area contributed by atoms with Gasteiger partial charge in [0.1, 0.15) is 5.91 Å². The topological polar surface area (TPSA) is 21.7 Å². The van der Waals surface area contributed by atoms with Gasteiger partial charge in [0.2, 0.25) is 0 Å². The quantitative estimate of drug-likeness (QED) is 0.459. The van der Waals surface area contributed by atoms with E-state index < -0.39 is 0 Å². The summed E-state index contributed by atoms with van der Waals surface area (Å²) in [6.07, 6.45) is 0. The van der Waals surface area contributed by atoms with Crippen LogP contribution in [0.15, 0.2) is 0 Å². The van der Waals surface area contributed by atoms with Gasteiger partial charge in [0.25, 0.3) is 0 Å². The van der Waals surface area contributed by atoms with Gasteiger partial charge in [-0.05, 0) is 35.0 Å². The fraction of sp³-hybridized carbons (Fsp3) is 1.00. The molecule has 0 rings (SSSR count). The molecule has 4 heteroatoms. The predicted octanol–water partition coefficient (Wildman–Crippen LogP) is -0.114. The number of nitrogens with zero attached hydrogens (tertiary/aromatic N) is 1. The molecule has 0 saturated carbocycles. The van der Waals surface area contributed by atoms with Gasteiger partial charge in [0.05, 0.1) is 10.2 Å². The molecule has 0 heterocycles. The van der Waals surface area contributed by atoms with Gasteiger partial charge < -0.3 is 14.4 Å². The maximum atomic E-state index is 5.12. The van der Waals surface area contributed by atoms with E-state index in [2.05, 4.69) is 0 Å². The molecule has 0 N–H and O–H groups in total. The minimum atomic E-state index is 0.102. The third kappa shape index (κ3) is 22.5. The zero-order chi connectivity index (χ0) is 9.98. The van der Waals surface area contributed by atoms with E-state index in [-0.39, 0.29) is 5.91 Å². The minimum Gasteiger partial charge on any atom is -0.358 e. The predicted molar refractivity (Wildman–Crippen MR) is 56.6 cm³/mol. The summed E-state index contributed by atoms with van der Waals surface area (Å²) in [5.41, 5.74) is 0. The van der Waals surface area contributed by atoms with Crippen LogP contribution >= 0.6 is 0 Å². The summed E-state index contributed by atoms with van der Waals surface area (Å²) in [7, 11) is 6.96. The van der Waals surface area contributed by atoms with Gasteiger partial charge >= 0.3 is 0 Å². The third-order valence-corrected chi connectivity index (χ3v) is 1.47. The second kappa shape index (κ2) is 11.1. The zero-order valence-electron chi connectivity index (χ0n) is 9.26. The molecule has 0 aliphatic rings. The van der Waals surface area contributed by atoms with Crippen LogP contribution in [0.1, 0.15) is 13.8 Å². The molecule has 12 heavy (non-hydrogen) atoms. The fourth-order valence-electron chi connectivity index (χ4n) is 0.518. The average Bonchev–Trinajstić information content (AvgIpc) is 1.87. The first-order valence-corrected chi connectivity index (χ1v) is 5.54. The lowest BCUT2D eigenvalue weighted by Crippen LogP contribution is -2.16. The molecule has 3 nitrogen and oxygen atoms in total. The van der Waals surface area contributed by atoms with Crippen LogP contribution in [0.3, 0.4) is 0 Å². The second-order valence-electron chi connectivity index (χ2n) is 2.82. The molecule has 0 aliphatic heterocycles. The SMILES string of the molecule is CCOC([SiH3])OCC.CN(C)C. The van der Waals surface area contributed by atoms with Crippen LogP contribution in [0.2, 0.25) is 0 Å². The van der Waals surface area contributed by atoms with E-state index in [0.717, 1.165) is 23.5 Å². The lowest BCUT2D eigenvalue weighted by Gasteiger charge is -2.09. The van der Waals surface area contributed by atoms with Gasteiger partial charge in [-0.15, -0.1) is 0 Å². The Bertz CT molecular complexity index is 72.7. The Kier molecular flexibility index (Phi) is 13.5. The Morgan fingerprint density at radius 1 is 1.08 bits per heavy atom. The molecule has 0 amide bonds. The molecule has 0 fully saturated rings. The highest BCUT2D eigenvalue weighted by atomic mass is 28.1. The Labute approximate surface area is 79.5 Å². The molecule has 0 aromatic heterocycles. The van der Waals surface area contributed by atoms with Crippen LogP contribution in [0.4, 0.5) is 0 Å². The van der Waals surface area contributed by atoms with Crippen molar-refractivity contribution in [1.82, 2.24) is 4.90 Å². The number of hydrogen-bond donors (Lipinski definition) is 0. The van der Waals surface area contributed by atoms with Crippen LogP contribution in [0, 0.1) is 0 Å². The molecule has 0 spiro atoms. The summed E-state index contributed by atoms with van der Waals surface area (Å²) >= 11 is 0. The highest BCUT2D eigenvalue weighted by Crippen LogP contribution is 1.86. The van der Waals surface area contributed by atoms with E-state index in [1.54, 1.807) is 0 Å². The molecule has 0 aromatic carbocycles. The van der Waals surface area contributed by atoms with E-state index in [4.69, 9.17) is 9.47 Å². The maximum absolute atomic E-state index is 5.12. The van der Waals surface area contributed by atoms with Crippen molar-refractivity contribution in [2.24, 2.45) is 0 Å². The van der Waals surface area contributed by atoms with Crippen molar-refractivity contribution in [3.8, 4) is 0 Å². The smallest absolute Gasteiger partial charge is 0.131 e. The molecule has 0 bridgehead atoms. The molecule has 0 aliphatic carbocycles. The van der Waals surface area contributed by atoms with Gasteiger partial charge in [-0.3, -0.25) is 0 Å². The second-order valence-corrected chi connectivity index (χ2v) is 3.76. The standard InChI is InChI=1S/C5H14O2Si.C3H9N/c1-3-6-5(8)7-4-2;1-4(2)3/h5H,3-4H2,1-2,8H3;1-3H3. The van der Waals surface area contributed by atoms with E-state index in [0.29, 0.717) is 0 Å². The van der Waals surface area contributed by atoms with Crippen LogP contribution in [0.5, 0.6) is 0 Å². The fourth-order valence-corrected chi connectivity index (χ4v) is 1.18. The maximum Gasteiger partial charge on any atom is 0.131 e. The van der Waals surface area contributed by atoms with Gasteiger partial charge in [-0.1, -0.05) is 0 Å².